The van der Waals surface area contributed by atoms with Crippen molar-refractivity contribution in [2.75, 3.05) is 23.3 Å². The molecule has 0 unspecified atom stereocenters. The smallest absolute Gasteiger partial charge is 0.277 e. The molecule has 5 heteroatoms. The molecule has 0 saturated carbocycles. The number of aromatic nitrogens is 2. The number of carbonyl (C=O) groups is 1. The number of anilines is 2. The monoisotopic (exact) mass is 364 g/mol. The standard InChI is InChI=1S/C22H28N4O/c1-3-26(19-11-7-8-17(2)16-19)21(27)20-13-15-24-22(25-20)23-14-12-18-9-5-4-6-10-18/h7-9,11,13,15-16H,3-6,10,12,14H2,1-2H3,(H,23,24,25). The predicted molar refractivity (Wildman–Crippen MR) is 110 cm³/mol. The molecular formula is C22H28N4O. The van der Waals surface area contributed by atoms with Crippen LogP contribution in [0.5, 0.6) is 0 Å². The maximum atomic E-state index is 13.0. The van der Waals surface area contributed by atoms with Gasteiger partial charge >= 0.3 is 0 Å². The van der Waals surface area contributed by atoms with E-state index in [0.717, 1.165) is 24.2 Å². The van der Waals surface area contributed by atoms with Gasteiger partial charge in [0, 0.05) is 25.0 Å². The largest absolute Gasteiger partial charge is 0.354 e. The third kappa shape index (κ3) is 5.16. The number of carbonyl (C=O) groups excluding carboxylic acids is 1. The Bertz CT molecular complexity index is 815. The molecule has 1 aromatic heterocycles. The van der Waals surface area contributed by atoms with E-state index in [2.05, 4.69) is 21.4 Å². The van der Waals surface area contributed by atoms with E-state index in [4.69, 9.17) is 0 Å². The summed E-state index contributed by atoms with van der Waals surface area (Å²) in [6, 6.07) is 9.63. The SMILES string of the molecule is CCN(C(=O)c1ccnc(NCCC2=CCCCC2)n1)c1cccc(C)c1. The van der Waals surface area contributed by atoms with Gasteiger partial charge in [0.05, 0.1) is 0 Å². The van der Waals surface area contributed by atoms with Crippen LogP contribution in [0, 0.1) is 6.92 Å². The van der Waals surface area contributed by atoms with E-state index < -0.39 is 0 Å². The maximum Gasteiger partial charge on any atom is 0.277 e. The second-order valence-electron chi connectivity index (χ2n) is 6.94. The molecule has 0 fully saturated rings. The zero-order valence-corrected chi connectivity index (χ0v) is 16.2. The minimum Gasteiger partial charge on any atom is -0.354 e. The van der Waals surface area contributed by atoms with Crippen molar-refractivity contribution in [3.05, 3.63) is 59.4 Å². The van der Waals surface area contributed by atoms with Gasteiger partial charge in [-0.3, -0.25) is 4.79 Å². The molecule has 1 heterocycles. The number of rotatable bonds is 7. The van der Waals surface area contributed by atoms with Crippen molar-refractivity contribution in [3.8, 4) is 0 Å². The third-order valence-corrected chi connectivity index (χ3v) is 4.86. The summed E-state index contributed by atoms with van der Waals surface area (Å²) >= 11 is 0. The highest BCUT2D eigenvalue weighted by molar-refractivity contribution is 6.04. The molecule has 142 valence electrons. The normalized spacial score (nSPS) is 13.8. The van der Waals surface area contributed by atoms with Gasteiger partial charge in [0.2, 0.25) is 5.95 Å². The van der Waals surface area contributed by atoms with Crippen LogP contribution in [0.4, 0.5) is 11.6 Å². The van der Waals surface area contributed by atoms with Gasteiger partial charge in [0.1, 0.15) is 5.69 Å². The summed E-state index contributed by atoms with van der Waals surface area (Å²) in [6.07, 6.45) is 9.99. The fourth-order valence-electron chi connectivity index (χ4n) is 3.41. The van der Waals surface area contributed by atoms with Crippen molar-refractivity contribution >= 4 is 17.5 Å². The minimum absolute atomic E-state index is 0.108. The van der Waals surface area contributed by atoms with Crippen LogP contribution in [0.3, 0.4) is 0 Å². The number of nitrogens with zero attached hydrogens (tertiary/aromatic N) is 3. The number of hydrogen-bond acceptors (Lipinski definition) is 4. The van der Waals surface area contributed by atoms with Crippen LogP contribution in [-0.2, 0) is 0 Å². The van der Waals surface area contributed by atoms with Crippen molar-refractivity contribution < 1.29 is 4.79 Å². The first-order valence-electron chi connectivity index (χ1n) is 9.80. The van der Waals surface area contributed by atoms with Crippen molar-refractivity contribution in [2.45, 2.75) is 46.0 Å². The first-order chi connectivity index (χ1) is 13.2. The van der Waals surface area contributed by atoms with Crippen LogP contribution in [0.1, 0.15) is 55.1 Å². The number of hydrogen-bond donors (Lipinski definition) is 1. The Balaban J connectivity index is 1.66. The number of benzene rings is 1. The fraction of sp³-hybridized carbons (Fsp3) is 0.409. The third-order valence-electron chi connectivity index (χ3n) is 4.86. The molecule has 1 amide bonds. The molecule has 2 aromatic rings. The van der Waals surface area contributed by atoms with Crippen LogP contribution < -0.4 is 10.2 Å². The van der Waals surface area contributed by atoms with Gasteiger partial charge in [-0.1, -0.05) is 23.8 Å². The van der Waals surface area contributed by atoms with Gasteiger partial charge < -0.3 is 10.2 Å². The first kappa shape index (κ1) is 19.1. The van der Waals surface area contributed by atoms with E-state index in [0.29, 0.717) is 18.2 Å². The van der Waals surface area contributed by atoms with Gasteiger partial charge in [-0.25, -0.2) is 9.97 Å². The Morgan fingerprint density at radius 3 is 2.89 bits per heavy atom. The van der Waals surface area contributed by atoms with Gasteiger partial charge in [0.15, 0.2) is 0 Å². The van der Waals surface area contributed by atoms with Crippen LogP contribution in [0.25, 0.3) is 0 Å². The topological polar surface area (TPSA) is 58.1 Å². The van der Waals surface area contributed by atoms with Crippen molar-refractivity contribution in [3.63, 3.8) is 0 Å². The average Bonchev–Trinajstić information content (AvgIpc) is 2.70. The summed E-state index contributed by atoms with van der Waals surface area (Å²) in [6.45, 7) is 5.37. The van der Waals surface area contributed by atoms with E-state index in [9.17, 15) is 4.79 Å². The Labute approximate surface area is 161 Å². The summed E-state index contributed by atoms with van der Waals surface area (Å²) in [7, 11) is 0. The Kier molecular flexibility index (Phi) is 6.58. The number of amides is 1. The number of aryl methyl sites for hydroxylation is 1. The Hall–Kier alpha value is -2.69. The molecule has 0 saturated heterocycles. The van der Waals surface area contributed by atoms with Gasteiger partial charge in [-0.2, -0.15) is 0 Å². The van der Waals surface area contributed by atoms with Gasteiger partial charge in [0.25, 0.3) is 5.91 Å². The molecule has 3 rings (SSSR count). The molecule has 0 bridgehead atoms. The summed E-state index contributed by atoms with van der Waals surface area (Å²) < 4.78 is 0. The first-order valence-corrected chi connectivity index (χ1v) is 9.80. The van der Waals surface area contributed by atoms with E-state index in [1.807, 2.05) is 38.1 Å². The second kappa shape index (κ2) is 9.31. The zero-order valence-electron chi connectivity index (χ0n) is 16.2. The van der Waals surface area contributed by atoms with E-state index in [-0.39, 0.29) is 5.91 Å². The second-order valence-corrected chi connectivity index (χ2v) is 6.94. The lowest BCUT2D eigenvalue weighted by Crippen LogP contribution is -2.31. The molecule has 0 atom stereocenters. The van der Waals surface area contributed by atoms with Crippen LogP contribution in [-0.4, -0.2) is 29.0 Å². The lowest BCUT2D eigenvalue weighted by Gasteiger charge is -2.21. The van der Waals surface area contributed by atoms with Crippen LogP contribution in [0.2, 0.25) is 0 Å². The minimum atomic E-state index is -0.108. The molecule has 1 aromatic carbocycles. The summed E-state index contributed by atoms with van der Waals surface area (Å²) in [4.78, 5) is 23.4. The lowest BCUT2D eigenvalue weighted by atomic mass is 9.97. The highest BCUT2D eigenvalue weighted by atomic mass is 16.2. The quantitative estimate of drug-likeness (QED) is 0.720. The summed E-state index contributed by atoms with van der Waals surface area (Å²) in [5.41, 5.74) is 3.94. The number of nitrogens with one attached hydrogen (secondary N) is 1. The summed E-state index contributed by atoms with van der Waals surface area (Å²) in [5, 5.41) is 3.26. The molecule has 1 aliphatic carbocycles. The molecule has 1 N–H and O–H groups in total. The average molecular weight is 364 g/mol. The highest BCUT2D eigenvalue weighted by Gasteiger charge is 2.18. The summed E-state index contributed by atoms with van der Waals surface area (Å²) in [5.74, 6) is 0.404. The Morgan fingerprint density at radius 2 is 2.15 bits per heavy atom. The maximum absolute atomic E-state index is 13.0. The van der Waals surface area contributed by atoms with Gasteiger partial charge in [-0.05, 0) is 69.7 Å². The molecule has 0 aliphatic heterocycles. The lowest BCUT2D eigenvalue weighted by molar-refractivity contribution is 0.0983. The van der Waals surface area contributed by atoms with E-state index in [1.54, 1.807) is 17.2 Å². The Morgan fingerprint density at radius 1 is 1.26 bits per heavy atom. The molecule has 27 heavy (non-hydrogen) atoms. The van der Waals surface area contributed by atoms with Gasteiger partial charge in [-0.15, -0.1) is 0 Å². The predicted octanol–water partition coefficient (Wildman–Crippen LogP) is 4.75. The van der Waals surface area contributed by atoms with Crippen molar-refractivity contribution in [2.24, 2.45) is 0 Å². The zero-order chi connectivity index (χ0) is 19.1. The molecular weight excluding hydrogens is 336 g/mol. The molecule has 1 aliphatic rings. The fourth-order valence-corrected chi connectivity index (χ4v) is 3.41. The molecule has 5 nitrogen and oxygen atoms in total. The number of allylic oxidation sites excluding steroid dienone is 1. The molecule has 0 radical (unpaired) electrons. The van der Waals surface area contributed by atoms with Crippen molar-refractivity contribution in [1.29, 1.82) is 0 Å². The van der Waals surface area contributed by atoms with E-state index >= 15 is 0 Å². The van der Waals surface area contributed by atoms with Crippen molar-refractivity contribution in [1.82, 2.24) is 9.97 Å². The van der Waals surface area contributed by atoms with Crippen LogP contribution >= 0.6 is 0 Å². The highest BCUT2D eigenvalue weighted by Crippen LogP contribution is 2.20. The molecule has 0 spiro atoms. The van der Waals surface area contributed by atoms with E-state index in [1.165, 1.54) is 31.3 Å². The van der Waals surface area contributed by atoms with Crippen LogP contribution in [0.15, 0.2) is 48.2 Å².